The average Bonchev–Trinajstić information content (AvgIpc) is 2.65. The van der Waals surface area contributed by atoms with Gasteiger partial charge in [0.25, 0.3) is 0 Å². The van der Waals surface area contributed by atoms with Gasteiger partial charge >= 0.3 is 6.18 Å². The van der Waals surface area contributed by atoms with Gasteiger partial charge in [0.1, 0.15) is 12.1 Å². The monoisotopic (exact) mass is 324 g/mol. The first-order valence-corrected chi connectivity index (χ1v) is 5.78. The molecule has 98 valence electrons. The van der Waals surface area contributed by atoms with Gasteiger partial charge in [-0.3, -0.25) is 4.79 Å². The molecule has 1 unspecified atom stereocenters. The summed E-state index contributed by atoms with van der Waals surface area (Å²) < 4.78 is 37.5. The number of alkyl halides is 3. The van der Waals surface area contributed by atoms with E-state index in [-0.39, 0.29) is 28.7 Å². The summed E-state index contributed by atoms with van der Waals surface area (Å²) >= 11 is 2.83. The van der Waals surface area contributed by atoms with Gasteiger partial charge in [0.15, 0.2) is 5.69 Å². The van der Waals surface area contributed by atoms with Crippen LogP contribution < -0.4 is 10.6 Å². The van der Waals surface area contributed by atoms with E-state index >= 15 is 0 Å². The van der Waals surface area contributed by atoms with Crippen LogP contribution in [0.2, 0.25) is 0 Å². The number of amides is 1. The number of hydrogen-bond acceptors (Lipinski definition) is 4. The lowest BCUT2D eigenvalue weighted by molar-refractivity contribution is -0.141. The van der Waals surface area contributed by atoms with Gasteiger partial charge in [0.2, 0.25) is 5.91 Å². The first kappa shape index (κ1) is 13.1. The van der Waals surface area contributed by atoms with Crippen LogP contribution in [-0.4, -0.2) is 28.5 Å². The molecular formula is C9H8BrF3N4O. The maximum absolute atomic E-state index is 12.6. The summed E-state index contributed by atoms with van der Waals surface area (Å²) in [6.45, 7) is 0.358. The van der Waals surface area contributed by atoms with Crippen LogP contribution in [0.1, 0.15) is 12.1 Å². The SMILES string of the molecule is O=C1CC(Nc2ncnc(C(F)(F)F)c2Br)CN1. The van der Waals surface area contributed by atoms with E-state index in [4.69, 9.17) is 0 Å². The number of nitrogens with zero attached hydrogens (tertiary/aromatic N) is 2. The van der Waals surface area contributed by atoms with Crippen molar-refractivity contribution in [1.29, 1.82) is 0 Å². The zero-order valence-corrected chi connectivity index (χ0v) is 10.5. The van der Waals surface area contributed by atoms with E-state index in [1.54, 1.807) is 0 Å². The van der Waals surface area contributed by atoms with Crippen molar-refractivity contribution >= 4 is 27.7 Å². The molecule has 1 aliphatic heterocycles. The first-order valence-electron chi connectivity index (χ1n) is 4.99. The average molecular weight is 325 g/mol. The molecule has 0 spiro atoms. The van der Waals surface area contributed by atoms with Gasteiger partial charge in [-0.2, -0.15) is 13.2 Å². The number of carbonyl (C=O) groups is 1. The van der Waals surface area contributed by atoms with E-state index < -0.39 is 11.9 Å². The summed E-state index contributed by atoms with van der Waals surface area (Å²) in [4.78, 5) is 17.9. The highest BCUT2D eigenvalue weighted by molar-refractivity contribution is 9.10. The Balaban J connectivity index is 2.21. The van der Waals surface area contributed by atoms with Crippen molar-refractivity contribution in [2.45, 2.75) is 18.6 Å². The van der Waals surface area contributed by atoms with Crippen LogP contribution in [0.25, 0.3) is 0 Å². The van der Waals surface area contributed by atoms with E-state index in [2.05, 4.69) is 36.5 Å². The summed E-state index contributed by atoms with van der Waals surface area (Å²) in [5.74, 6) is -0.118. The smallest absolute Gasteiger partial charge is 0.364 e. The minimum absolute atomic E-state index is 0.0267. The molecule has 2 rings (SSSR count). The van der Waals surface area contributed by atoms with E-state index in [1.807, 2.05) is 0 Å². The number of nitrogens with one attached hydrogen (secondary N) is 2. The molecular weight excluding hydrogens is 317 g/mol. The Bertz CT molecular complexity index is 479. The Labute approximate surface area is 108 Å². The fourth-order valence-corrected chi connectivity index (χ4v) is 2.11. The zero-order chi connectivity index (χ0) is 13.3. The minimum atomic E-state index is -4.55. The highest BCUT2D eigenvalue weighted by Crippen LogP contribution is 2.36. The van der Waals surface area contributed by atoms with E-state index in [0.29, 0.717) is 6.54 Å². The molecule has 1 fully saturated rings. The van der Waals surface area contributed by atoms with E-state index in [9.17, 15) is 18.0 Å². The Morgan fingerprint density at radius 2 is 2.17 bits per heavy atom. The maximum Gasteiger partial charge on any atom is 0.434 e. The topological polar surface area (TPSA) is 66.9 Å². The first-order chi connectivity index (χ1) is 8.38. The number of rotatable bonds is 2. The Morgan fingerprint density at radius 1 is 1.44 bits per heavy atom. The summed E-state index contributed by atoms with van der Waals surface area (Å²) in [5.41, 5.74) is -1.04. The fourth-order valence-electron chi connectivity index (χ4n) is 1.57. The third-order valence-corrected chi connectivity index (χ3v) is 3.13. The predicted octanol–water partition coefficient (Wildman–Crippen LogP) is 1.56. The molecule has 5 nitrogen and oxygen atoms in total. The van der Waals surface area contributed by atoms with Crippen molar-refractivity contribution in [1.82, 2.24) is 15.3 Å². The van der Waals surface area contributed by atoms with Crippen molar-refractivity contribution in [3.05, 3.63) is 16.5 Å². The summed E-state index contributed by atoms with van der Waals surface area (Å²) in [7, 11) is 0. The van der Waals surface area contributed by atoms with Gasteiger partial charge in [0, 0.05) is 13.0 Å². The molecule has 0 bridgehead atoms. The number of aromatic nitrogens is 2. The summed E-state index contributed by atoms with van der Waals surface area (Å²) in [5, 5.41) is 5.34. The lowest BCUT2D eigenvalue weighted by atomic mass is 10.2. The van der Waals surface area contributed by atoms with Gasteiger partial charge in [-0.1, -0.05) is 0 Å². The van der Waals surface area contributed by atoms with Crippen LogP contribution in [0.3, 0.4) is 0 Å². The van der Waals surface area contributed by atoms with Gasteiger partial charge < -0.3 is 10.6 Å². The lowest BCUT2D eigenvalue weighted by Gasteiger charge is -2.15. The second kappa shape index (κ2) is 4.71. The van der Waals surface area contributed by atoms with Gasteiger partial charge in [0.05, 0.1) is 10.5 Å². The Morgan fingerprint density at radius 3 is 2.72 bits per heavy atom. The molecule has 9 heteroatoms. The molecule has 2 heterocycles. The highest BCUT2D eigenvalue weighted by atomic mass is 79.9. The number of halogens is 4. The second-order valence-electron chi connectivity index (χ2n) is 3.73. The van der Waals surface area contributed by atoms with Gasteiger partial charge in [-0.15, -0.1) is 0 Å². The fraction of sp³-hybridized carbons (Fsp3) is 0.444. The summed E-state index contributed by atoms with van der Waals surface area (Å²) in [6, 6.07) is -0.273. The molecule has 0 saturated carbocycles. The lowest BCUT2D eigenvalue weighted by Crippen LogP contribution is -2.24. The van der Waals surface area contributed by atoms with Crippen molar-refractivity contribution in [3.8, 4) is 0 Å². The Kier molecular flexibility index (Phi) is 3.42. The van der Waals surface area contributed by atoms with Gasteiger partial charge in [-0.05, 0) is 15.9 Å². The van der Waals surface area contributed by atoms with Crippen molar-refractivity contribution in [3.63, 3.8) is 0 Å². The summed E-state index contributed by atoms with van der Waals surface area (Å²) in [6.07, 6.45) is -3.51. The van der Waals surface area contributed by atoms with E-state index in [0.717, 1.165) is 6.33 Å². The molecule has 0 radical (unpaired) electrons. The van der Waals surface area contributed by atoms with Crippen LogP contribution in [0.5, 0.6) is 0 Å². The van der Waals surface area contributed by atoms with Crippen LogP contribution in [0.4, 0.5) is 19.0 Å². The second-order valence-corrected chi connectivity index (χ2v) is 4.53. The Hall–Kier alpha value is -1.38. The molecule has 2 N–H and O–H groups in total. The van der Waals surface area contributed by atoms with E-state index in [1.165, 1.54) is 0 Å². The molecule has 0 aliphatic carbocycles. The largest absolute Gasteiger partial charge is 0.434 e. The molecule has 18 heavy (non-hydrogen) atoms. The third-order valence-electron chi connectivity index (χ3n) is 2.38. The number of carbonyl (C=O) groups excluding carboxylic acids is 1. The van der Waals surface area contributed by atoms with Crippen LogP contribution in [0.15, 0.2) is 10.8 Å². The van der Waals surface area contributed by atoms with Crippen molar-refractivity contribution in [2.75, 3.05) is 11.9 Å². The van der Waals surface area contributed by atoms with Gasteiger partial charge in [-0.25, -0.2) is 9.97 Å². The molecule has 1 saturated heterocycles. The molecule has 1 aliphatic rings. The molecule has 1 amide bonds. The molecule has 1 aromatic rings. The van der Waals surface area contributed by atoms with Crippen molar-refractivity contribution in [2.24, 2.45) is 0 Å². The predicted molar refractivity (Wildman–Crippen MR) is 59.8 cm³/mol. The van der Waals surface area contributed by atoms with Crippen LogP contribution in [-0.2, 0) is 11.0 Å². The number of anilines is 1. The molecule has 1 atom stereocenters. The molecule has 0 aromatic carbocycles. The zero-order valence-electron chi connectivity index (χ0n) is 8.88. The van der Waals surface area contributed by atoms with Crippen LogP contribution >= 0.6 is 15.9 Å². The van der Waals surface area contributed by atoms with Crippen LogP contribution in [0, 0.1) is 0 Å². The number of hydrogen-bond donors (Lipinski definition) is 2. The standard InChI is InChI=1S/C9H8BrF3N4O/c10-6-7(9(11,12)13)15-3-16-8(6)17-4-1-5(18)14-2-4/h3-4H,1-2H2,(H,14,18)(H,15,16,17). The molecule has 1 aromatic heterocycles. The normalized spacial score (nSPS) is 19.8. The maximum atomic E-state index is 12.6. The minimum Gasteiger partial charge on any atom is -0.364 e. The van der Waals surface area contributed by atoms with Crippen molar-refractivity contribution < 1.29 is 18.0 Å². The third kappa shape index (κ3) is 2.71. The quantitative estimate of drug-likeness (QED) is 0.866. The highest BCUT2D eigenvalue weighted by Gasteiger charge is 2.36.